The van der Waals surface area contributed by atoms with Gasteiger partial charge in [0.1, 0.15) is 10.7 Å². The Balaban J connectivity index is 2.19. The molecule has 0 amide bonds. The lowest BCUT2D eigenvalue weighted by Crippen LogP contribution is -2.18. The maximum Gasteiger partial charge on any atom is 0.244 e. The lowest BCUT2D eigenvalue weighted by Gasteiger charge is -2.10. The number of rotatable bonds is 3. The average molecular weight is 276 g/mol. The highest BCUT2D eigenvalue weighted by molar-refractivity contribution is 7.85. The predicted octanol–water partition coefficient (Wildman–Crippen LogP) is 2.02. The summed E-state index contributed by atoms with van der Waals surface area (Å²) in [4.78, 5) is 23.0. The van der Waals surface area contributed by atoms with Crippen LogP contribution in [0.3, 0.4) is 0 Å². The lowest BCUT2D eigenvalue weighted by atomic mass is 10.1. The standard InChI is InChI=1S/C14H12O4S/c1-9-3-5-12(6-4-9)18-19(17)13-8-11(15)7-10(2)14(13)16/h3-8H,1-2H3. The highest BCUT2D eigenvalue weighted by Crippen LogP contribution is 2.20. The third-order valence-electron chi connectivity index (χ3n) is 2.59. The summed E-state index contributed by atoms with van der Waals surface area (Å²) >= 11 is -1.99. The molecule has 1 aromatic carbocycles. The summed E-state index contributed by atoms with van der Waals surface area (Å²) in [6, 6.07) is 6.93. The van der Waals surface area contributed by atoms with Crippen molar-refractivity contribution < 1.29 is 18.0 Å². The van der Waals surface area contributed by atoms with Crippen LogP contribution in [-0.4, -0.2) is 15.8 Å². The smallest absolute Gasteiger partial charge is 0.244 e. The molecule has 1 unspecified atom stereocenters. The molecule has 98 valence electrons. The first-order valence-corrected chi connectivity index (χ1v) is 6.70. The van der Waals surface area contributed by atoms with Gasteiger partial charge in [0.2, 0.25) is 16.9 Å². The Morgan fingerprint density at radius 1 is 1.00 bits per heavy atom. The summed E-state index contributed by atoms with van der Waals surface area (Å²) in [6.07, 6.45) is 2.27. The normalized spacial score (nSPS) is 16.7. The molecule has 19 heavy (non-hydrogen) atoms. The first-order chi connectivity index (χ1) is 8.97. The number of ketones is 2. The van der Waals surface area contributed by atoms with Crippen LogP contribution in [0.1, 0.15) is 12.5 Å². The largest absolute Gasteiger partial charge is 0.397 e. The molecule has 0 fully saturated rings. The molecule has 0 aromatic heterocycles. The number of hydrogen-bond donors (Lipinski definition) is 0. The van der Waals surface area contributed by atoms with Crippen molar-refractivity contribution >= 4 is 22.6 Å². The second-order valence-electron chi connectivity index (χ2n) is 4.20. The van der Waals surface area contributed by atoms with Crippen LogP contribution in [0.5, 0.6) is 5.75 Å². The zero-order valence-electron chi connectivity index (χ0n) is 10.5. The van der Waals surface area contributed by atoms with Gasteiger partial charge < -0.3 is 4.18 Å². The fraction of sp³-hybridized carbons (Fsp3) is 0.143. The SMILES string of the molecule is CC1=CC(=O)C=C(S(=O)Oc2ccc(C)cc2)C1=O. The Morgan fingerprint density at radius 3 is 2.26 bits per heavy atom. The zero-order valence-corrected chi connectivity index (χ0v) is 11.3. The molecule has 0 bridgehead atoms. The minimum absolute atomic E-state index is 0.120. The Kier molecular flexibility index (Phi) is 3.76. The van der Waals surface area contributed by atoms with Crippen molar-refractivity contribution in [3.05, 3.63) is 52.5 Å². The molecule has 0 N–H and O–H groups in total. The van der Waals surface area contributed by atoms with E-state index in [0.29, 0.717) is 5.75 Å². The second-order valence-corrected chi connectivity index (χ2v) is 5.27. The maximum atomic E-state index is 12.0. The Labute approximate surface area is 113 Å². The molecule has 1 aromatic rings. The summed E-state index contributed by atoms with van der Waals surface area (Å²) in [7, 11) is 0. The molecule has 2 rings (SSSR count). The van der Waals surface area contributed by atoms with Gasteiger partial charge in [0.05, 0.1) is 0 Å². The van der Waals surface area contributed by atoms with E-state index in [0.717, 1.165) is 11.6 Å². The van der Waals surface area contributed by atoms with E-state index < -0.39 is 16.9 Å². The van der Waals surface area contributed by atoms with E-state index in [9.17, 15) is 13.8 Å². The van der Waals surface area contributed by atoms with Crippen LogP contribution < -0.4 is 4.18 Å². The monoisotopic (exact) mass is 276 g/mol. The summed E-state index contributed by atoms with van der Waals surface area (Å²) < 4.78 is 17.2. The van der Waals surface area contributed by atoms with Crippen molar-refractivity contribution in [3.8, 4) is 5.75 Å². The van der Waals surface area contributed by atoms with E-state index in [-0.39, 0.29) is 16.3 Å². The molecule has 0 saturated carbocycles. The molecule has 1 aliphatic carbocycles. The molecule has 0 spiro atoms. The third-order valence-corrected chi connectivity index (χ3v) is 3.59. The van der Waals surface area contributed by atoms with E-state index >= 15 is 0 Å². The Morgan fingerprint density at radius 2 is 1.63 bits per heavy atom. The molecule has 0 radical (unpaired) electrons. The minimum Gasteiger partial charge on any atom is -0.397 e. The Hall–Kier alpha value is -2.01. The van der Waals surface area contributed by atoms with Crippen molar-refractivity contribution in [2.24, 2.45) is 0 Å². The Bertz CT molecular complexity index is 623. The van der Waals surface area contributed by atoms with E-state index in [1.165, 1.54) is 13.0 Å². The van der Waals surface area contributed by atoms with Gasteiger partial charge in [-0.15, -0.1) is 0 Å². The van der Waals surface area contributed by atoms with Crippen LogP contribution >= 0.6 is 0 Å². The van der Waals surface area contributed by atoms with Gasteiger partial charge in [-0.25, -0.2) is 4.21 Å². The second kappa shape index (κ2) is 5.32. The zero-order chi connectivity index (χ0) is 14.0. The van der Waals surface area contributed by atoms with Gasteiger partial charge in [0.25, 0.3) is 0 Å². The molecule has 1 atom stereocenters. The molecular formula is C14H12O4S. The fourth-order valence-corrected chi connectivity index (χ4v) is 2.46. The lowest BCUT2D eigenvalue weighted by molar-refractivity contribution is -0.114. The van der Waals surface area contributed by atoms with E-state index in [2.05, 4.69) is 0 Å². The van der Waals surface area contributed by atoms with Gasteiger partial charge in [-0.2, -0.15) is 0 Å². The predicted molar refractivity (Wildman–Crippen MR) is 71.8 cm³/mol. The van der Waals surface area contributed by atoms with Crippen LogP contribution in [0.25, 0.3) is 0 Å². The van der Waals surface area contributed by atoms with Gasteiger partial charge in [-0.05, 0) is 32.1 Å². The van der Waals surface area contributed by atoms with Crippen LogP contribution in [0, 0.1) is 6.92 Å². The fourth-order valence-electron chi connectivity index (χ4n) is 1.56. The van der Waals surface area contributed by atoms with E-state index in [4.69, 9.17) is 4.18 Å². The highest BCUT2D eigenvalue weighted by Gasteiger charge is 2.25. The van der Waals surface area contributed by atoms with E-state index in [1.807, 2.05) is 6.92 Å². The van der Waals surface area contributed by atoms with Crippen LogP contribution in [0.15, 0.2) is 46.9 Å². The number of aryl methyl sites for hydroxylation is 1. The van der Waals surface area contributed by atoms with Gasteiger partial charge in [0.15, 0.2) is 5.78 Å². The summed E-state index contributed by atoms with van der Waals surface area (Å²) in [5.41, 5.74) is 1.31. The molecule has 0 saturated heterocycles. The van der Waals surface area contributed by atoms with Crippen molar-refractivity contribution in [3.63, 3.8) is 0 Å². The molecule has 0 aliphatic heterocycles. The quantitative estimate of drug-likeness (QED) is 0.792. The number of benzene rings is 1. The van der Waals surface area contributed by atoms with Gasteiger partial charge >= 0.3 is 0 Å². The van der Waals surface area contributed by atoms with Gasteiger partial charge in [0, 0.05) is 11.6 Å². The van der Waals surface area contributed by atoms with Crippen LogP contribution in [0.2, 0.25) is 0 Å². The first kappa shape index (κ1) is 13.4. The van der Waals surface area contributed by atoms with Crippen molar-refractivity contribution in [1.29, 1.82) is 0 Å². The molecular weight excluding hydrogens is 264 g/mol. The molecule has 5 heteroatoms. The summed E-state index contributed by atoms with van der Waals surface area (Å²) in [5.74, 6) is -0.393. The molecule has 1 aliphatic rings. The van der Waals surface area contributed by atoms with E-state index in [1.54, 1.807) is 24.3 Å². The summed E-state index contributed by atoms with van der Waals surface area (Å²) in [5, 5.41) is 0. The number of hydrogen-bond acceptors (Lipinski definition) is 4. The van der Waals surface area contributed by atoms with Gasteiger partial charge in [-0.3, -0.25) is 9.59 Å². The number of Topliss-reactive ketones (excluding diaryl/α,β-unsaturated/α-hetero) is 1. The van der Waals surface area contributed by atoms with Crippen LogP contribution in [0.4, 0.5) is 0 Å². The van der Waals surface area contributed by atoms with Crippen LogP contribution in [-0.2, 0) is 20.7 Å². The van der Waals surface area contributed by atoms with Gasteiger partial charge in [-0.1, -0.05) is 17.7 Å². The number of allylic oxidation sites excluding steroid dienone is 4. The van der Waals surface area contributed by atoms with Crippen molar-refractivity contribution in [1.82, 2.24) is 0 Å². The molecule has 4 nitrogen and oxygen atoms in total. The summed E-state index contributed by atoms with van der Waals surface area (Å²) in [6.45, 7) is 3.43. The molecule has 0 heterocycles. The first-order valence-electron chi connectivity index (χ1n) is 5.63. The van der Waals surface area contributed by atoms with Crippen molar-refractivity contribution in [2.45, 2.75) is 13.8 Å². The third kappa shape index (κ3) is 3.06. The topological polar surface area (TPSA) is 60.4 Å². The minimum atomic E-state index is -1.99. The highest BCUT2D eigenvalue weighted by atomic mass is 32.2. The van der Waals surface area contributed by atoms with Crippen molar-refractivity contribution in [2.75, 3.05) is 0 Å². The number of carbonyl (C=O) groups excluding carboxylic acids is 2. The number of carbonyl (C=O) groups is 2. The maximum absolute atomic E-state index is 12.0. The average Bonchev–Trinajstić information content (AvgIpc) is 2.36.